The van der Waals surface area contributed by atoms with E-state index in [4.69, 9.17) is 4.74 Å². The van der Waals surface area contributed by atoms with Gasteiger partial charge in [-0.05, 0) is 48.9 Å². The van der Waals surface area contributed by atoms with Gasteiger partial charge in [0.1, 0.15) is 11.6 Å². The first-order valence-electron chi connectivity index (χ1n) is 7.00. The van der Waals surface area contributed by atoms with E-state index in [-0.39, 0.29) is 18.4 Å². The van der Waals surface area contributed by atoms with Gasteiger partial charge in [0.05, 0.1) is 0 Å². The summed E-state index contributed by atoms with van der Waals surface area (Å²) in [5.74, 6) is -0.473. The number of amides is 2. The standard InChI is InChI=1S/C17H17FN2O3/c1-11-3-4-13(18)9-16(11)20-17(22)10-23-15-7-5-14(6-8-15)19-12(2)21/h3-9H,10H2,1-2H3,(H,19,21)(H,20,22). The summed E-state index contributed by atoms with van der Waals surface area (Å²) < 4.78 is 18.5. The Bertz CT molecular complexity index is 714. The predicted molar refractivity (Wildman–Crippen MR) is 86.0 cm³/mol. The summed E-state index contributed by atoms with van der Waals surface area (Å²) in [5.41, 5.74) is 1.82. The highest BCUT2D eigenvalue weighted by atomic mass is 19.1. The number of hydrogen-bond donors (Lipinski definition) is 2. The maximum atomic E-state index is 13.2. The molecule has 2 rings (SSSR count). The lowest BCUT2D eigenvalue weighted by Crippen LogP contribution is -2.20. The van der Waals surface area contributed by atoms with Gasteiger partial charge >= 0.3 is 0 Å². The van der Waals surface area contributed by atoms with Crippen molar-refractivity contribution in [3.05, 3.63) is 53.8 Å². The third-order valence-corrected chi connectivity index (χ3v) is 3.02. The summed E-state index contributed by atoms with van der Waals surface area (Å²) >= 11 is 0. The lowest BCUT2D eigenvalue weighted by atomic mass is 10.2. The van der Waals surface area contributed by atoms with Crippen molar-refractivity contribution in [2.75, 3.05) is 17.2 Å². The topological polar surface area (TPSA) is 67.4 Å². The molecular formula is C17H17FN2O3. The van der Waals surface area contributed by atoms with E-state index in [1.165, 1.54) is 19.1 Å². The van der Waals surface area contributed by atoms with Gasteiger partial charge in [-0.15, -0.1) is 0 Å². The minimum atomic E-state index is -0.416. The molecule has 0 heterocycles. The summed E-state index contributed by atoms with van der Waals surface area (Å²) in [6.07, 6.45) is 0. The van der Waals surface area contributed by atoms with Crippen molar-refractivity contribution in [2.45, 2.75) is 13.8 Å². The number of halogens is 1. The fraction of sp³-hybridized carbons (Fsp3) is 0.176. The summed E-state index contributed by atoms with van der Waals surface area (Å²) in [5, 5.41) is 5.23. The average molecular weight is 316 g/mol. The molecule has 2 N–H and O–H groups in total. The molecule has 0 aliphatic rings. The van der Waals surface area contributed by atoms with Gasteiger partial charge in [0, 0.05) is 18.3 Å². The normalized spacial score (nSPS) is 10.0. The van der Waals surface area contributed by atoms with Crippen molar-refractivity contribution < 1.29 is 18.7 Å². The van der Waals surface area contributed by atoms with Crippen LogP contribution in [0, 0.1) is 12.7 Å². The van der Waals surface area contributed by atoms with Crippen LogP contribution >= 0.6 is 0 Å². The largest absolute Gasteiger partial charge is 0.484 e. The fourth-order valence-corrected chi connectivity index (χ4v) is 1.90. The molecule has 120 valence electrons. The molecule has 0 aliphatic heterocycles. The molecule has 0 unspecified atom stereocenters. The van der Waals surface area contributed by atoms with E-state index in [1.807, 2.05) is 0 Å². The van der Waals surface area contributed by atoms with Crippen LogP contribution in [0.2, 0.25) is 0 Å². The van der Waals surface area contributed by atoms with Crippen LogP contribution in [0.15, 0.2) is 42.5 Å². The molecular weight excluding hydrogens is 299 g/mol. The Morgan fingerprint density at radius 1 is 1.09 bits per heavy atom. The van der Waals surface area contributed by atoms with E-state index in [0.717, 1.165) is 5.56 Å². The zero-order chi connectivity index (χ0) is 16.8. The number of benzene rings is 2. The van der Waals surface area contributed by atoms with Gasteiger partial charge in [-0.2, -0.15) is 0 Å². The van der Waals surface area contributed by atoms with Crippen molar-refractivity contribution in [2.24, 2.45) is 0 Å². The van der Waals surface area contributed by atoms with Gasteiger partial charge in [0.15, 0.2) is 6.61 Å². The second-order valence-electron chi connectivity index (χ2n) is 5.00. The van der Waals surface area contributed by atoms with Crippen molar-refractivity contribution in [3.8, 4) is 5.75 Å². The number of carbonyl (C=O) groups excluding carboxylic acids is 2. The van der Waals surface area contributed by atoms with Crippen molar-refractivity contribution in [1.29, 1.82) is 0 Å². The lowest BCUT2D eigenvalue weighted by molar-refractivity contribution is -0.118. The predicted octanol–water partition coefficient (Wildman–Crippen LogP) is 3.11. The Hall–Kier alpha value is -2.89. The van der Waals surface area contributed by atoms with Crippen LogP contribution < -0.4 is 15.4 Å². The summed E-state index contributed by atoms with van der Waals surface area (Å²) in [6, 6.07) is 10.8. The zero-order valence-corrected chi connectivity index (χ0v) is 12.9. The van der Waals surface area contributed by atoms with Crippen LogP contribution in [0.1, 0.15) is 12.5 Å². The number of rotatable bonds is 5. The molecule has 0 saturated carbocycles. The molecule has 0 aromatic heterocycles. The van der Waals surface area contributed by atoms with E-state index >= 15 is 0 Å². The second-order valence-corrected chi connectivity index (χ2v) is 5.00. The SMILES string of the molecule is CC(=O)Nc1ccc(OCC(=O)Nc2cc(F)ccc2C)cc1. The third kappa shape index (κ3) is 5.10. The Morgan fingerprint density at radius 2 is 1.78 bits per heavy atom. The number of nitrogens with one attached hydrogen (secondary N) is 2. The number of aryl methyl sites for hydroxylation is 1. The quantitative estimate of drug-likeness (QED) is 0.890. The summed E-state index contributed by atoms with van der Waals surface area (Å²) in [4.78, 5) is 22.8. The number of carbonyl (C=O) groups is 2. The van der Waals surface area contributed by atoms with Crippen LogP contribution in [0.25, 0.3) is 0 Å². The first-order chi connectivity index (χ1) is 10.9. The van der Waals surface area contributed by atoms with Crippen LogP contribution in [0.5, 0.6) is 5.75 Å². The molecule has 0 bridgehead atoms. The Kier molecular flexibility index (Phi) is 5.30. The Labute approximate surface area is 133 Å². The van der Waals surface area contributed by atoms with Crippen LogP contribution in [-0.2, 0) is 9.59 Å². The van der Waals surface area contributed by atoms with Gasteiger partial charge in [0.2, 0.25) is 5.91 Å². The Balaban J connectivity index is 1.89. The molecule has 2 amide bonds. The molecule has 2 aromatic carbocycles. The number of anilines is 2. The monoisotopic (exact) mass is 316 g/mol. The molecule has 23 heavy (non-hydrogen) atoms. The highest BCUT2D eigenvalue weighted by Gasteiger charge is 2.07. The van der Waals surface area contributed by atoms with Gasteiger partial charge < -0.3 is 15.4 Å². The van der Waals surface area contributed by atoms with Gasteiger partial charge in [-0.25, -0.2) is 4.39 Å². The van der Waals surface area contributed by atoms with E-state index in [1.54, 1.807) is 37.3 Å². The van der Waals surface area contributed by atoms with Crippen molar-refractivity contribution in [3.63, 3.8) is 0 Å². The molecule has 5 nitrogen and oxygen atoms in total. The molecule has 0 atom stereocenters. The van der Waals surface area contributed by atoms with E-state index in [9.17, 15) is 14.0 Å². The van der Waals surface area contributed by atoms with Crippen LogP contribution in [0.4, 0.5) is 15.8 Å². The van der Waals surface area contributed by atoms with Crippen molar-refractivity contribution in [1.82, 2.24) is 0 Å². The summed E-state index contributed by atoms with van der Waals surface area (Å²) in [7, 11) is 0. The molecule has 0 fully saturated rings. The molecule has 0 spiro atoms. The van der Waals surface area contributed by atoms with E-state index in [0.29, 0.717) is 17.1 Å². The minimum Gasteiger partial charge on any atom is -0.484 e. The highest BCUT2D eigenvalue weighted by Crippen LogP contribution is 2.17. The fourth-order valence-electron chi connectivity index (χ4n) is 1.90. The molecule has 0 radical (unpaired) electrons. The second kappa shape index (κ2) is 7.40. The average Bonchev–Trinajstić information content (AvgIpc) is 2.50. The third-order valence-electron chi connectivity index (χ3n) is 3.02. The first kappa shape index (κ1) is 16.5. The van der Waals surface area contributed by atoms with Crippen LogP contribution in [-0.4, -0.2) is 18.4 Å². The maximum Gasteiger partial charge on any atom is 0.262 e. The van der Waals surface area contributed by atoms with Gasteiger partial charge in [-0.1, -0.05) is 6.07 Å². The van der Waals surface area contributed by atoms with Gasteiger partial charge in [0.25, 0.3) is 5.91 Å². The smallest absolute Gasteiger partial charge is 0.262 e. The van der Waals surface area contributed by atoms with Gasteiger partial charge in [-0.3, -0.25) is 9.59 Å². The molecule has 2 aromatic rings. The number of ether oxygens (including phenoxy) is 1. The number of hydrogen-bond acceptors (Lipinski definition) is 3. The molecule has 6 heteroatoms. The highest BCUT2D eigenvalue weighted by molar-refractivity contribution is 5.92. The van der Waals surface area contributed by atoms with E-state index < -0.39 is 5.82 Å². The summed E-state index contributed by atoms with van der Waals surface area (Å²) in [6.45, 7) is 3.00. The Morgan fingerprint density at radius 3 is 2.43 bits per heavy atom. The zero-order valence-electron chi connectivity index (χ0n) is 12.9. The minimum absolute atomic E-state index is 0.163. The molecule has 0 aliphatic carbocycles. The lowest BCUT2D eigenvalue weighted by Gasteiger charge is -2.10. The molecule has 0 saturated heterocycles. The van der Waals surface area contributed by atoms with Crippen LogP contribution in [0.3, 0.4) is 0 Å². The maximum absolute atomic E-state index is 13.2. The van der Waals surface area contributed by atoms with Crippen molar-refractivity contribution >= 4 is 23.2 Å². The van der Waals surface area contributed by atoms with E-state index in [2.05, 4.69) is 10.6 Å². The first-order valence-corrected chi connectivity index (χ1v) is 7.00.